The first kappa shape index (κ1) is 23.2. The number of ether oxygens (including phenoxy) is 1. The summed E-state index contributed by atoms with van der Waals surface area (Å²) >= 11 is 6.03. The molecule has 3 rings (SSSR count). The summed E-state index contributed by atoms with van der Waals surface area (Å²) in [6, 6.07) is 17.0. The van der Waals surface area contributed by atoms with Crippen LogP contribution in [-0.4, -0.2) is 26.9 Å². The highest BCUT2D eigenvalue weighted by atomic mass is 35.5. The summed E-state index contributed by atoms with van der Waals surface area (Å²) in [6.07, 6.45) is 0. The lowest BCUT2D eigenvalue weighted by atomic mass is 10.2. The van der Waals surface area contributed by atoms with Crippen molar-refractivity contribution in [2.75, 3.05) is 11.3 Å². The average molecular weight is 477 g/mol. The summed E-state index contributed by atoms with van der Waals surface area (Å²) in [5, 5.41) is 3.08. The van der Waals surface area contributed by atoms with Crippen molar-refractivity contribution >= 4 is 39.2 Å². The molecular weight excluding hydrogens is 459 g/mol. The Balaban J connectivity index is 1.63. The quantitative estimate of drug-likeness (QED) is 0.482. The van der Waals surface area contributed by atoms with Crippen molar-refractivity contribution in [1.29, 1.82) is 0 Å². The van der Waals surface area contributed by atoms with Crippen LogP contribution in [-0.2, 0) is 26.1 Å². The highest BCUT2D eigenvalue weighted by molar-refractivity contribution is 7.92. The Morgan fingerprint density at radius 1 is 0.938 bits per heavy atom. The lowest BCUT2D eigenvalue weighted by Crippen LogP contribution is -2.28. The third kappa shape index (κ3) is 6.05. The standard InChI is InChI=1S/C22H18ClFN2O5S/c23-19-7-3-1-5-15(19)13-25-21(27)14-31-22(28)18-6-2-4-8-20(18)26-32(29,30)17-11-9-16(24)10-12-17/h1-12,26H,13-14H2,(H,25,27). The van der Waals surface area contributed by atoms with Crippen LogP contribution in [0.3, 0.4) is 0 Å². The second-order valence-corrected chi connectivity index (χ2v) is 8.64. The molecule has 0 aliphatic rings. The number of para-hydroxylation sites is 1. The van der Waals surface area contributed by atoms with Crippen LogP contribution in [0.25, 0.3) is 0 Å². The van der Waals surface area contributed by atoms with Crippen LogP contribution in [0.5, 0.6) is 0 Å². The average Bonchev–Trinajstić information content (AvgIpc) is 2.77. The molecule has 0 bridgehead atoms. The van der Waals surface area contributed by atoms with Gasteiger partial charge in [0.25, 0.3) is 15.9 Å². The van der Waals surface area contributed by atoms with E-state index in [-0.39, 0.29) is 22.7 Å². The molecule has 0 heterocycles. The number of amides is 1. The largest absolute Gasteiger partial charge is 0.452 e. The van der Waals surface area contributed by atoms with E-state index in [9.17, 15) is 22.4 Å². The van der Waals surface area contributed by atoms with Crippen molar-refractivity contribution in [2.24, 2.45) is 0 Å². The summed E-state index contributed by atoms with van der Waals surface area (Å²) in [5.41, 5.74) is 0.574. The van der Waals surface area contributed by atoms with Gasteiger partial charge in [-0.15, -0.1) is 0 Å². The number of rotatable bonds is 8. The van der Waals surface area contributed by atoms with Gasteiger partial charge < -0.3 is 10.1 Å². The van der Waals surface area contributed by atoms with Crippen molar-refractivity contribution in [1.82, 2.24) is 5.32 Å². The van der Waals surface area contributed by atoms with Crippen molar-refractivity contribution in [3.8, 4) is 0 Å². The fourth-order valence-electron chi connectivity index (χ4n) is 2.66. The molecule has 166 valence electrons. The topological polar surface area (TPSA) is 102 Å². The molecule has 0 fully saturated rings. The van der Waals surface area contributed by atoms with Crippen molar-refractivity contribution in [2.45, 2.75) is 11.4 Å². The maximum absolute atomic E-state index is 13.1. The number of hydrogen-bond donors (Lipinski definition) is 2. The van der Waals surface area contributed by atoms with E-state index in [1.807, 2.05) is 0 Å². The number of anilines is 1. The first-order chi connectivity index (χ1) is 15.3. The van der Waals surface area contributed by atoms with Crippen molar-refractivity contribution < 1.29 is 27.1 Å². The Bertz CT molecular complexity index is 1230. The normalized spacial score (nSPS) is 10.9. The molecule has 0 saturated heterocycles. The number of carbonyl (C=O) groups excluding carboxylic acids is 2. The van der Waals surface area contributed by atoms with Gasteiger partial charge in [0.2, 0.25) is 0 Å². The summed E-state index contributed by atoms with van der Waals surface area (Å²) in [4.78, 5) is 24.3. The molecule has 3 aromatic carbocycles. The Kier molecular flexibility index (Phi) is 7.45. The van der Waals surface area contributed by atoms with Crippen LogP contribution >= 0.6 is 11.6 Å². The minimum absolute atomic E-state index is 0.0432. The third-order valence-electron chi connectivity index (χ3n) is 4.28. The molecule has 32 heavy (non-hydrogen) atoms. The van der Waals surface area contributed by atoms with E-state index in [0.29, 0.717) is 10.6 Å². The number of halogens is 2. The Hall–Kier alpha value is -3.43. The molecule has 7 nitrogen and oxygen atoms in total. The smallest absolute Gasteiger partial charge is 0.340 e. The van der Waals surface area contributed by atoms with Gasteiger partial charge in [0, 0.05) is 11.6 Å². The van der Waals surface area contributed by atoms with Gasteiger partial charge in [0.15, 0.2) is 6.61 Å². The zero-order valence-electron chi connectivity index (χ0n) is 16.5. The zero-order valence-corrected chi connectivity index (χ0v) is 18.1. The van der Waals surface area contributed by atoms with Gasteiger partial charge in [-0.2, -0.15) is 0 Å². The van der Waals surface area contributed by atoms with Gasteiger partial charge in [-0.05, 0) is 48.0 Å². The van der Waals surface area contributed by atoms with Crippen LogP contribution < -0.4 is 10.0 Å². The summed E-state index contributed by atoms with van der Waals surface area (Å²) < 4.78 is 45.5. The maximum atomic E-state index is 13.1. The third-order valence-corrected chi connectivity index (χ3v) is 6.03. The van der Waals surface area contributed by atoms with Gasteiger partial charge in [-0.25, -0.2) is 17.6 Å². The molecule has 0 saturated carbocycles. The van der Waals surface area contributed by atoms with E-state index in [1.54, 1.807) is 24.3 Å². The summed E-state index contributed by atoms with van der Waals surface area (Å²) in [6.45, 7) is -0.410. The van der Waals surface area contributed by atoms with E-state index in [2.05, 4.69) is 10.0 Å². The van der Waals surface area contributed by atoms with Gasteiger partial charge in [0.1, 0.15) is 5.82 Å². The number of carbonyl (C=O) groups is 2. The predicted octanol–water partition coefficient (Wildman–Crippen LogP) is 3.75. The predicted molar refractivity (Wildman–Crippen MR) is 117 cm³/mol. The number of sulfonamides is 1. The summed E-state index contributed by atoms with van der Waals surface area (Å²) in [5.74, 6) is -2.03. The Morgan fingerprint density at radius 3 is 2.31 bits per heavy atom. The molecule has 10 heteroatoms. The van der Waals surface area contributed by atoms with E-state index in [4.69, 9.17) is 16.3 Å². The van der Waals surface area contributed by atoms with Crippen LogP contribution in [0.15, 0.2) is 77.7 Å². The molecule has 0 aromatic heterocycles. The highest BCUT2D eigenvalue weighted by Gasteiger charge is 2.20. The van der Waals surface area contributed by atoms with Crippen LogP contribution in [0.2, 0.25) is 5.02 Å². The first-order valence-electron chi connectivity index (χ1n) is 9.31. The van der Waals surface area contributed by atoms with E-state index < -0.39 is 34.3 Å². The van der Waals surface area contributed by atoms with E-state index >= 15 is 0 Å². The Labute approximate surface area is 189 Å². The molecule has 2 N–H and O–H groups in total. The minimum atomic E-state index is -4.08. The van der Waals surface area contributed by atoms with Crippen molar-refractivity contribution in [3.05, 3.63) is 94.8 Å². The molecule has 0 aliphatic carbocycles. The summed E-state index contributed by atoms with van der Waals surface area (Å²) in [7, 11) is -4.08. The van der Waals surface area contributed by atoms with Crippen molar-refractivity contribution in [3.63, 3.8) is 0 Å². The molecule has 3 aromatic rings. The van der Waals surface area contributed by atoms with E-state index in [1.165, 1.54) is 24.3 Å². The van der Waals surface area contributed by atoms with Gasteiger partial charge >= 0.3 is 5.97 Å². The minimum Gasteiger partial charge on any atom is -0.452 e. The Morgan fingerprint density at radius 2 is 1.59 bits per heavy atom. The second kappa shape index (κ2) is 10.3. The van der Waals surface area contributed by atoms with Crippen LogP contribution in [0.4, 0.5) is 10.1 Å². The number of nitrogens with one attached hydrogen (secondary N) is 2. The van der Waals surface area contributed by atoms with Crippen LogP contribution in [0.1, 0.15) is 15.9 Å². The van der Waals surface area contributed by atoms with Gasteiger partial charge in [-0.1, -0.05) is 41.9 Å². The van der Waals surface area contributed by atoms with Crippen LogP contribution in [0, 0.1) is 5.82 Å². The van der Waals surface area contributed by atoms with Gasteiger partial charge in [-0.3, -0.25) is 9.52 Å². The monoisotopic (exact) mass is 476 g/mol. The maximum Gasteiger partial charge on any atom is 0.340 e. The molecule has 0 atom stereocenters. The molecule has 1 amide bonds. The second-order valence-electron chi connectivity index (χ2n) is 6.55. The molecule has 0 radical (unpaired) electrons. The number of hydrogen-bond acceptors (Lipinski definition) is 5. The number of benzene rings is 3. The van der Waals surface area contributed by atoms with Gasteiger partial charge in [0.05, 0.1) is 16.1 Å². The zero-order chi connectivity index (χ0) is 23.1. The molecule has 0 spiro atoms. The molecular formula is C22H18ClFN2O5S. The molecule has 0 unspecified atom stereocenters. The fourth-order valence-corrected chi connectivity index (χ4v) is 3.95. The fraction of sp³-hybridized carbons (Fsp3) is 0.0909. The first-order valence-corrected chi connectivity index (χ1v) is 11.2. The van der Waals surface area contributed by atoms with E-state index in [0.717, 1.165) is 24.3 Å². The lowest BCUT2D eigenvalue weighted by molar-refractivity contribution is -0.124. The lowest BCUT2D eigenvalue weighted by Gasteiger charge is -2.12. The highest BCUT2D eigenvalue weighted by Crippen LogP contribution is 2.21. The molecule has 0 aliphatic heterocycles. The number of esters is 1. The SMILES string of the molecule is O=C(COC(=O)c1ccccc1NS(=O)(=O)c1ccc(F)cc1)NCc1ccccc1Cl.